The number of hydrogen-bond donors (Lipinski definition) is 0. The second-order valence-electron chi connectivity index (χ2n) is 4.03. The number of fused-ring (bicyclic) bond motifs is 1. The summed E-state index contributed by atoms with van der Waals surface area (Å²) in [5, 5.41) is 0. The van der Waals surface area contributed by atoms with Crippen LogP contribution in [-0.4, -0.2) is 17.9 Å². The molecule has 0 aromatic carbocycles. The maximum atomic E-state index is 11.1. The summed E-state index contributed by atoms with van der Waals surface area (Å²) in [6.45, 7) is 0. The second kappa shape index (κ2) is 3.13. The van der Waals surface area contributed by atoms with Crippen LogP contribution in [0.25, 0.3) is 0 Å². The lowest BCUT2D eigenvalue weighted by molar-refractivity contribution is -0.181. The summed E-state index contributed by atoms with van der Waals surface area (Å²) < 4.78 is 5.22. The van der Waals surface area contributed by atoms with E-state index < -0.39 is 5.60 Å². The van der Waals surface area contributed by atoms with E-state index in [2.05, 4.69) is 0 Å². The van der Waals surface area contributed by atoms with Crippen molar-refractivity contribution < 1.29 is 14.3 Å². The van der Waals surface area contributed by atoms with Crippen molar-refractivity contribution in [1.82, 2.24) is 0 Å². The van der Waals surface area contributed by atoms with E-state index in [1.54, 1.807) is 0 Å². The lowest BCUT2D eigenvalue weighted by atomic mass is 9.72. The summed E-state index contributed by atoms with van der Waals surface area (Å²) in [6.07, 6.45) is 6.10. The van der Waals surface area contributed by atoms with Crippen molar-refractivity contribution in [3.05, 3.63) is 0 Å². The van der Waals surface area contributed by atoms with Gasteiger partial charge in [-0.1, -0.05) is 6.42 Å². The van der Waals surface area contributed by atoms with Crippen LogP contribution >= 0.6 is 0 Å². The minimum atomic E-state index is -0.742. The SMILES string of the molecule is O=C[C@@]12CCCC[C@@H]1CCC(=O)O2. The Morgan fingerprint density at radius 2 is 2.23 bits per heavy atom. The van der Waals surface area contributed by atoms with Crippen molar-refractivity contribution in [2.24, 2.45) is 5.92 Å². The Morgan fingerprint density at radius 3 is 3.00 bits per heavy atom. The molecule has 13 heavy (non-hydrogen) atoms. The molecule has 0 aromatic heterocycles. The Morgan fingerprint density at radius 1 is 1.38 bits per heavy atom. The molecule has 72 valence electrons. The number of carbonyl (C=O) groups is 2. The lowest BCUT2D eigenvalue weighted by Gasteiger charge is -2.42. The highest BCUT2D eigenvalue weighted by molar-refractivity contribution is 5.76. The van der Waals surface area contributed by atoms with E-state index in [4.69, 9.17) is 4.74 Å². The molecule has 2 atom stereocenters. The van der Waals surface area contributed by atoms with Crippen molar-refractivity contribution in [1.29, 1.82) is 0 Å². The maximum absolute atomic E-state index is 11.1. The van der Waals surface area contributed by atoms with Gasteiger partial charge in [0.25, 0.3) is 0 Å². The van der Waals surface area contributed by atoms with E-state index in [0.717, 1.165) is 38.4 Å². The topological polar surface area (TPSA) is 43.4 Å². The Labute approximate surface area is 77.4 Å². The second-order valence-corrected chi connectivity index (χ2v) is 4.03. The van der Waals surface area contributed by atoms with Crippen molar-refractivity contribution in [3.8, 4) is 0 Å². The Bertz CT molecular complexity index is 236. The van der Waals surface area contributed by atoms with Gasteiger partial charge in [0.2, 0.25) is 0 Å². The van der Waals surface area contributed by atoms with Crippen LogP contribution in [0.2, 0.25) is 0 Å². The molecule has 2 aliphatic rings. The van der Waals surface area contributed by atoms with Gasteiger partial charge >= 0.3 is 5.97 Å². The van der Waals surface area contributed by atoms with Crippen molar-refractivity contribution in [2.75, 3.05) is 0 Å². The third-order valence-corrected chi connectivity index (χ3v) is 3.26. The summed E-state index contributed by atoms with van der Waals surface area (Å²) in [5.41, 5.74) is -0.742. The van der Waals surface area contributed by atoms with E-state index in [1.165, 1.54) is 0 Å². The quantitative estimate of drug-likeness (QED) is 0.455. The molecule has 1 aliphatic carbocycles. The van der Waals surface area contributed by atoms with Crippen molar-refractivity contribution in [2.45, 2.75) is 44.1 Å². The highest BCUT2D eigenvalue weighted by Gasteiger charge is 2.46. The number of ether oxygens (including phenoxy) is 1. The molecule has 1 saturated carbocycles. The van der Waals surface area contributed by atoms with E-state index in [9.17, 15) is 9.59 Å². The molecular weight excluding hydrogens is 168 g/mol. The predicted molar refractivity (Wildman–Crippen MR) is 46.1 cm³/mol. The molecule has 1 aliphatic heterocycles. The Balaban J connectivity index is 2.21. The molecule has 1 saturated heterocycles. The van der Waals surface area contributed by atoms with E-state index in [-0.39, 0.29) is 11.9 Å². The van der Waals surface area contributed by atoms with Gasteiger partial charge in [-0.05, 0) is 25.7 Å². The highest BCUT2D eigenvalue weighted by Crippen LogP contribution is 2.41. The standard InChI is InChI=1S/C10H14O3/c11-7-10-6-2-1-3-8(10)4-5-9(12)13-10/h7-8H,1-6H2/t8-,10+/m1/s1. The summed E-state index contributed by atoms with van der Waals surface area (Å²) in [5.74, 6) is 0.0849. The monoisotopic (exact) mass is 182 g/mol. The van der Waals surface area contributed by atoms with Crippen LogP contribution in [0.15, 0.2) is 0 Å². The minimum absolute atomic E-state index is 0.203. The van der Waals surface area contributed by atoms with Crippen LogP contribution in [-0.2, 0) is 14.3 Å². The molecular formula is C10H14O3. The third-order valence-electron chi connectivity index (χ3n) is 3.26. The van der Waals surface area contributed by atoms with Crippen molar-refractivity contribution in [3.63, 3.8) is 0 Å². The zero-order valence-corrected chi connectivity index (χ0v) is 7.62. The third kappa shape index (κ3) is 1.36. The largest absolute Gasteiger partial charge is 0.451 e. The van der Waals surface area contributed by atoms with Crippen LogP contribution in [0.1, 0.15) is 38.5 Å². The zero-order valence-electron chi connectivity index (χ0n) is 7.62. The van der Waals surface area contributed by atoms with Gasteiger partial charge in [0, 0.05) is 12.3 Å². The maximum Gasteiger partial charge on any atom is 0.306 e. The molecule has 0 unspecified atom stereocenters. The van der Waals surface area contributed by atoms with E-state index in [1.807, 2.05) is 0 Å². The van der Waals surface area contributed by atoms with Gasteiger partial charge in [-0.15, -0.1) is 0 Å². The number of aldehydes is 1. The fourth-order valence-electron chi connectivity index (χ4n) is 2.50. The van der Waals surface area contributed by atoms with Crippen LogP contribution < -0.4 is 0 Å². The average molecular weight is 182 g/mol. The zero-order chi connectivity index (χ0) is 9.31. The van der Waals surface area contributed by atoms with Gasteiger partial charge in [-0.2, -0.15) is 0 Å². The molecule has 0 amide bonds. The molecule has 3 nitrogen and oxygen atoms in total. The lowest BCUT2D eigenvalue weighted by Crippen LogP contribution is -2.49. The van der Waals surface area contributed by atoms with Gasteiger partial charge in [0.1, 0.15) is 0 Å². The van der Waals surface area contributed by atoms with Gasteiger partial charge in [0.15, 0.2) is 11.9 Å². The molecule has 2 fully saturated rings. The summed E-state index contributed by atoms with van der Waals surface area (Å²) in [4.78, 5) is 22.1. The fraction of sp³-hybridized carbons (Fsp3) is 0.800. The van der Waals surface area contributed by atoms with Gasteiger partial charge < -0.3 is 4.74 Å². The van der Waals surface area contributed by atoms with Crippen LogP contribution in [0.5, 0.6) is 0 Å². The first kappa shape index (κ1) is 8.73. The van der Waals surface area contributed by atoms with Crippen LogP contribution in [0, 0.1) is 5.92 Å². The number of carbonyl (C=O) groups excluding carboxylic acids is 2. The smallest absolute Gasteiger partial charge is 0.306 e. The molecule has 0 bridgehead atoms. The number of hydrogen-bond acceptors (Lipinski definition) is 3. The van der Waals surface area contributed by atoms with Gasteiger partial charge in [0.05, 0.1) is 0 Å². The molecule has 2 rings (SSSR count). The highest BCUT2D eigenvalue weighted by atomic mass is 16.6. The van der Waals surface area contributed by atoms with E-state index in [0.29, 0.717) is 6.42 Å². The van der Waals surface area contributed by atoms with E-state index >= 15 is 0 Å². The minimum Gasteiger partial charge on any atom is -0.451 e. The van der Waals surface area contributed by atoms with Crippen molar-refractivity contribution >= 4 is 12.3 Å². The predicted octanol–water partition coefficient (Wildman–Crippen LogP) is 1.45. The number of esters is 1. The fourth-order valence-corrected chi connectivity index (χ4v) is 2.50. The Hall–Kier alpha value is -0.860. The first-order valence-electron chi connectivity index (χ1n) is 4.95. The van der Waals surface area contributed by atoms with Crippen LogP contribution in [0.4, 0.5) is 0 Å². The molecule has 0 radical (unpaired) electrons. The van der Waals surface area contributed by atoms with Gasteiger partial charge in [-0.25, -0.2) is 0 Å². The Kier molecular flexibility index (Phi) is 2.10. The molecule has 1 heterocycles. The first-order valence-corrected chi connectivity index (χ1v) is 4.95. The summed E-state index contributed by atoms with van der Waals surface area (Å²) in [6, 6.07) is 0. The molecule has 3 heteroatoms. The molecule has 0 spiro atoms. The average Bonchev–Trinajstić information content (AvgIpc) is 2.17. The van der Waals surface area contributed by atoms with Gasteiger partial charge in [-0.3, -0.25) is 9.59 Å². The first-order chi connectivity index (χ1) is 6.27. The van der Waals surface area contributed by atoms with Crippen LogP contribution in [0.3, 0.4) is 0 Å². The molecule has 0 aromatic rings. The molecule has 0 N–H and O–H groups in total. The number of rotatable bonds is 1. The summed E-state index contributed by atoms with van der Waals surface area (Å²) in [7, 11) is 0. The summed E-state index contributed by atoms with van der Waals surface area (Å²) >= 11 is 0. The normalized spacial score (nSPS) is 39.1.